The molecule has 1 aromatic rings. The molecule has 2 rings (SSSR count). The minimum absolute atomic E-state index is 0.00218. The third-order valence-corrected chi connectivity index (χ3v) is 6.30. The molecule has 2 N–H and O–H groups in total. The van der Waals surface area contributed by atoms with Gasteiger partial charge in [0.25, 0.3) is 0 Å². The number of benzene rings is 1. The highest BCUT2D eigenvalue weighted by Crippen LogP contribution is 2.16. The van der Waals surface area contributed by atoms with Gasteiger partial charge in [0.05, 0.1) is 16.4 Å². The van der Waals surface area contributed by atoms with Crippen molar-refractivity contribution in [3.05, 3.63) is 29.8 Å². The van der Waals surface area contributed by atoms with Crippen molar-refractivity contribution < 1.29 is 21.9 Å². The van der Waals surface area contributed by atoms with E-state index >= 15 is 0 Å². The molecular formula is C13H15NO5S2. The van der Waals surface area contributed by atoms with E-state index in [4.69, 9.17) is 5.11 Å². The highest BCUT2D eigenvalue weighted by atomic mass is 32.2. The predicted octanol–water partition coefficient (Wildman–Crippen LogP) is -0.504. The Morgan fingerprint density at radius 3 is 2.76 bits per heavy atom. The van der Waals surface area contributed by atoms with Crippen LogP contribution >= 0.6 is 0 Å². The largest absolute Gasteiger partial charge is 0.384 e. The SMILES string of the molecule is O=S1(=O)CCC(NS(=O)(=O)c2cccc(C#CCO)c2)C1. The molecular weight excluding hydrogens is 314 g/mol. The van der Waals surface area contributed by atoms with Crippen LogP contribution in [0.4, 0.5) is 0 Å². The summed E-state index contributed by atoms with van der Waals surface area (Å²) in [5.74, 6) is 4.90. The number of hydrogen-bond acceptors (Lipinski definition) is 5. The van der Waals surface area contributed by atoms with Crippen LogP contribution in [-0.2, 0) is 19.9 Å². The van der Waals surface area contributed by atoms with Gasteiger partial charge < -0.3 is 5.11 Å². The second kappa shape index (κ2) is 6.15. The molecule has 0 aromatic heterocycles. The average molecular weight is 329 g/mol. The van der Waals surface area contributed by atoms with Crippen LogP contribution in [0, 0.1) is 11.8 Å². The molecule has 0 saturated carbocycles. The Balaban J connectivity index is 2.20. The zero-order valence-corrected chi connectivity index (χ0v) is 12.7. The van der Waals surface area contributed by atoms with Crippen molar-refractivity contribution in [1.82, 2.24) is 4.72 Å². The lowest BCUT2D eigenvalue weighted by Crippen LogP contribution is -2.35. The van der Waals surface area contributed by atoms with Gasteiger partial charge in [-0.1, -0.05) is 17.9 Å². The molecule has 1 aromatic carbocycles. The Morgan fingerprint density at radius 1 is 1.38 bits per heavy atom. The molecule has 0 spiro atoms. The van der Waals surface area contributed by atoms with E-state index in [9.17, 15) is 16.8 Å². The maximum absolute atomic E-state index is 12.2. The van der Waals surface area contributed by atoms with E-state index in [-0.39, 0.29) is 29.4 Å². The fourth-order valence-corrected chi connectivity index (χ4v) is 5.15. The van der Waals surface area contributed by atoms with E-state index in [1.165, 1.54) is 12.1 Å². The molecule has 21 heavy (non-hydrogen) atoms. The van der Waals surface area contributed by atoms with Crippen molar-refractivity contribution in [3.8, 4) is 11.8 Å². The van der Waals surface area contributed by atoms with Crippen LogP contribution in [0.2, 0.25) is 0 Å². The number of hydrogen-bond donors (Lipinski definition) is 2. The first-order valence-electron chi connectivity index (χ1n) is 6.25. The van der Waals surface area contributed by atoms with Crippen molar-refractivity contribution in [2.45, 2.75) is 17.4 Å². The van der Waals surface area contributed by atoms with Gasteiger partial charge >= 0.3 is 0 Å². The first kappa shape index (κ1) is 16.0. The van der Waals surface area contributed by atoms with Gasteiger partial charge in [0.1, 0.15) is 6.61 Å². The van der Waals surface area contributed by atoms with Crippen molar-refractivity contribution >= 4 is 19.9 Å². The van der Waals surface area contributed by atoms with Crippen LogP contribution in [0.1, 0.15) is 12.0 Å². The molecule has 1 aliphatic heterocycles. The zero-order valence-electron chi connectivity index (χ0n) is 11.1. The molecule has 8 heteroatoms. The van der Waals surface area contributed by atoms with Gasteiger partial charge in [-0.3, -0.25) is 0 Å². The topological polar surface area (TPSA) is 101 Å². The van der Waals surface area contributed by atoms with Gasteiger partial charge in [-0.15, -0.1) is 0 Å². The van der Waals surface area contributed by atoms with Gasteiger partial charge in [-0.2, -0.15) is 0 Å². The smallest absolute Gasteiger partial charge is 0.240 e. The van der Waals surface area contributed by atoms with E-state index < -0.39 is 25.9 Å². The summed E-state index contributed by atoms with van der Waals surface area (Å²) in [4.78, 5) is 0.0246. The van der Waals surface area contributed by atoms with E-state index in [0.717, 1.165) is 0 Å². The Morgan fingerprint density at radius 2 is 2.14 bits per heavy atom. The summed E-state index contributed by atoms with van der Waals surface area (Å²) in [5, 5.41) is 8.63. The van der Waals surface area contributed by atoms with Crippen LogP contribution in [0.25, 0.3) is 0 Å². The molecule has 1 saturated heterocycles. The minimum atomic E-state index is -3.79. The van der Waals surface area contributed by atoms with Gasteiger partial charge in [-0.25, -0.2) is 21.6 Å². The van der Waals surface area contributed by atoms with E-state index in [0.29, 0.717) is 5.56 Å². The van der Waals surface area contributed by atoms with Gasteiger partial charge in [0, 0.05) is 11.6 Å². The fraction of sp³-hybridized carbons (Fsp3) is 0.385. The maximum Gasteiger partial charge on any atom is 0.240 e. The highest BCUT2D eigenvalue weighted by molar-refractivity contribution is 7.92. The number of sulfonamides is 1. The van der Waals surface area contributed by atoms with Crippen molar-refractivity contribution in [1.29, 1.82) is 0 Å². The van der Waals surface area contributed by atoms with Crippen molar-refractivity contribution in [2.75, 3.05) is 18.1 Å². The van der Waals surface area contributed by atoms with Crippen LogP contribution in [0.15, 0.2) is 29.2 Å². The van der Waals surface area contributed by atoms with Gasteiger partial charge in [0.2, 0.25) is 10.0 Å². The molecule has 1 fully saturated rings. The third-order valence-electron chi connectivity index (χ3n) is 3.01. The summed E-state index contributed by atoms with van der Waals surface area (Å²) >= 11 is 0. The fourth-order valence-electron chi connectivity index (χ4n) is 2.06. The molecule has 6 nitrogen and oxygen atoms in total. The normalized spacial score (nSPS) is 20.7. The summed E-state index contributed by atoms with van der Waals surface area (Å²) in [7, 11) is -6.93. The molecule has 0 radical (unpaired) electrons. The summed E-state index contributed by atoms with van der Waals surface area (Å²) < 4.78 is 49.6. The second-order valence-corrected chi connectivity index (χ2v) is 8.65. The highest BCUT2D eigenvalue weighted by Gasteiger charge is 2.31. The second-order valence-electron chi connectivity index (χ2n) is 4.71. The lowest BCUT2D eigenvalue weighted by Gasteiger charge is -2.11. The molecule has 1 aliphatic rings. The van der Waals surface area contributed by atoms with Crippen molar-refractivity contribution in [2.24, 2.45) is 0 Å². The monoisotopic (exact) mass is 329 g/mol. The van der Waals surface area contributed by atoms with Crippen LogP contribution < -0.4 is 4.72 Å². The van der Waals surface area contributed by atoms with Crippen LogP contribution in [0.3, 0.4) is 0 Å². The lowest BCUT2D eigenvalue weighted by molar-refractivity contribution is 0.350. The summed E-state index contributed by atoms with van der Waals surface area (Å²) in [5.41, 5.74) is 0.464. The van der Waals surface area contributed by atoms with Crippen LogP contribution in [0.5, 0.6) is 0 Å². The maximum atomic E-state index is 12.2. The molecule has 0 aliphatic carbocycles. The Hall–Kier alpha value is -1.40. The number of sulfone groups is 1. The Kier molecular flexibility index (Phi) is 4.68. The number of rotatable bonds is 3. The quantitative estimate of drug-likeness (QED) is 0.728. The first-order chi connectivity index (χ1) is 9.82. The van der Waals surface area contributed by atoms with Crippen molar-refractivity contribution in [3.63, 3.8) is 0 Å². The van der Waals surface area contributed by atoms with E-state index in [1.54, 1.807) is 12.1 Å². The van der Waals surface area contributed by atoms with Gasteiger partial charge in [-0.05, 0) is 24.6 Å². The summed E-state index contributed by atoms with van der Waals surface area (Å²) in [6, 6.07) is 5.38. The van der Waals surface area contributed by atoms with Crippen LogP contribution in [-0.4, -0.2) is 46.1 Å². The van der Waals surface area contributed by atoms with Gasteiger partial charge in [0.15, 0.2) is 9.84 Å². The number of nitrogens with one attached hydrogen (secondary N) is 1. The Labute approximate surface area is 124 Å². The predicted molar refractivity (Wildman–Crippen MR) is 77.8 cm³/mol. The molecule has 0 bridgehead atoms. The molecule has 1 atom stereocenters. The number of aliphatic hydroxyl groups is 1. The zero-order chi connectivity index (χ0) is 15.5. The Bertz CT molecular complexity index is 787. The number of aliphatic hydroxyl groups excluding tert-OH is 1. The molecule has 114 valence electrons. The lowest BCUT2D eigenvalue weighted by atomic mass is 10.2. The summed E-state index contributed by atoms with van der Waals surface area (Å²) in [6.07, 6.45) is 0.283. The molecule has 1 unspecified atom stereocenters. The first-order valence-corrected chi connectivity index (χ1v) is 9.55. The standard InChI is InChI=1S/C13H15NO5S2/c15-7-2-4-11-3-1-5-13(9-11)21(18,19)14-12-6-8-20(16,17)10-12/h1,3,5,9,12,14-15H,6-8,10H2. The minimum Gasteiger partial charge on any atom is -0.384 e. The molecule has 0 amide bonds. The average Bonchev–Trinajstić information content (AvgIpc) is 2.75. The van der Waals surface area contributed by atoms with E-state index in [2.05, 4.69) is 16.6 Å². The molecule has 1 heterocycles. The summed E-state index contributed by atoms with van der Waals surface area (Å²) in [6.45, 7) is -0.310. The van der Waals surface area contributed by atoms with E-state index in [1.807, 2.05) is 0 Å². The third kappa shape index (κ3) is 4.28.